The van der Waals surface area contributed by atoms with Crippen molar-refractivity contribution in [2.45, 2.75) is 31.7 Å². The number of rotatable bonds is 3. The number of nitrogens with two attached hydrogens (primary N) is 1. The molecule has 1 heterocycles. The van der Waals surface area contributed by atoms with Gasteiger partial charge in [-0.25, -0.2) is 0 Å². The summed E-state index contributed by atoms with van der Waals surface area (Å²) < 4.78 is 0. The highest BCUT2D eigenvalue weighted by Gasteiger charge is 2.50. The highest BCUT2D eigenvalue weighted by atomic mass is 16.2. The first kappa shape index (κ1) is 11.9. The van der Waals surface area contributed by atoms with Crippen molar-refractivity contribution in [3.8, 4) is 0 Å². The zero-order valence-electron chi connectivity index (χ0n) is 10.4. The van der Waals surface area contributed by atoms with Crippen LogP contribution in [0, 0.1) is 5.41 Å². The molecule has 4 heteroatoms. The van der Waals surface area contributed by atoms with E-state index in [0.29, 0.717) is 12.6 Å². The third kappa shape index (κ3) is 2.09. The van der Waals surface area contributed by atoms with E-state index in [9.17, 15) is 4.79 Å². The van der Waals surface area contributed by atoms with E-state index >= 15 is 0 Å². The van der Waals surface area contributed by atoms with Gasteiger partial charge in [0.25, 0.3) is 0 Å². The molecule has 0 bridgehead atoms. The van der Waals surface area contributed by atoms with Crippen LogP contribution in [0.15, 0.2) is 0 Å². The molecule has 0 aromatic rings. The molecule has 1 atom stereocenters. The summed E-state index contributed by atoms with van der Waals surface area (Å²) in [6.45, 7) is 2.67. The summed E-state index contributed by atoms with van der Waals surface area (Å²) in [5.74, 6) is 0.273. The molecule has 1 saturated carbocycles. The number of piperidine rings is 1. The van der Waals surface area contributed by atoms with Crippen molar-refractivity contribution in [1.82, 2.24) is 9.80 Å². The maximum atomic E-state index is 12.3. The SMILES string of the molecule is CN1CCCC(N(C)C(=O)C2(CN)CC2)C1. The van der Waals surface area contributed by atoms with Gasteiger partial charge in [-0.2, -0.15) is 0 Å². The van der Waals surface area contributed by atoms with Crippen molar-refractivity contribution in [1.29, 1.82) is 0 Å². The third-order valence-corrected chi connectivity index (χ3v) is 4.17. The lowest BCUT2D eigenvalue weighted by molar-refractivity contribution is -0.138. The molecule has 1 aliphatic carbocycles. The van der Waals surface area contributed by atoms with Crippen LogP contribution in [0.25, 0.3) is 0 Å². The van der Waals surface area contributed by atoms with E-state index in [2.05, 4.69) is 11.9 Å². The molecule has 0 radical (unpaired) electrons. The highest BCUT2D eigenvalue weighted by molar-refractivity contribution is 5.85. The van der Waals surface area contributed by atoms with E-state index in [4.69, 9.17) is 5.73 Å². The minimum atomic E-state index is -0.190. The minimum absolute atomic E-state index is 0.190. The summed E-state index contributed by atoms with van der Waals surface area (Å²) in [5, 5.41) is 0. The molecule has 1 saturated heterocycles. The number of carbonyl (C=O) groups excluding carboxylic acids is 1. The normalized spacial score (nSPS) is 28.8. The van der Waals surface area contributed by atoms with Crippen LogP contribution >= 0.6 is 0 Å². The zero-order chi connectivity index (χ0) is 11.8. The Balaban J connectivity index is 1.96. The molecular weight excluding hydrogens is 202 g/mol. The highest BCUT2D eigenvalue weighted by Crippen LogP contribution is 2.46. The van der Waals surface area contributed by atoms with Gasteiger partial charge in [-0.1, -0.05) is 0 Å². The first-order valence-electron chi connectivity index (χ1n) is 6.25. The van der Waals surface area contributed by atoms with E-state index in [1.807, 2.05) is 11.9 Å². The van der Waals surface area contributed by atoms with Crippen molar-refractivity contribution in [3.63, 3.8) is 0 Å². The van der Waals surface area contributed by atoms with Gasteiger partial charge in [0.05, 0.1) is 5.41 Å². The van der Waals surface area contributed by atoms with Crippen LogP contribution in [0.5, 0.6) is 0 Å². The number of likely N-dealkylation sites (tertiary alicyclic amines) is 1. The van der Waals surface area contributed by atoms with Crippen LogP contribution in [0.3, 0.4) is 0 Å². The van der Waals surface area contributed by atoms with Crippen LogP contribution in [-0.2, 0) is 4.79 Å². The second-order valence-corrected chi connectivity index (χ2v) is 5.46. The quantitative estimate of drug-likeness (QED) is 0.750. The topological polar surface area (TPSA) is 49.6 Å². The fraction of sp³-hybridized carbons (Fsp3) is 0.917. The Morgan fingerprint density at radius 3 is 2.75 bits per heavy atom. The molecule has 16 heavy (non-hydrogen) atoms. The Morgan fingerprint density at radius 2 is 2.25 bits per heavy atom. The predicted octanol–water partition coefficient (Wildman–Crippen LogP) is 0.278. The molecule has 0 spiro atoms. The number of amides is 1. The molecule has 92 valence electrons. The molecular formula is C12H23N3O. The smallest absolute Gasteiger partial charge is 0.230 e. The van der Waals surface area contributed by atoms with E-state index in [1.165, 1.54) is 6.42 Å². The Hall–Kier alpha value is -0.610. The van der Waals surface area contributed by atoms with Crippen molar-refractivity contribution in [2.75, 3.05) is 33.7 Å². The zero-order valence-corrected chi connectivity index (χ0v) is 10.4. The van der Waals surface area contributed by atoms with Gasteiger partial charge in [0.15, 0.2) is 0 Å². The number of carbonyl (C=O) groups is 1. The first-order chi connectivity index (χ1) is 7.59. The lowest BCUT2D eigenvalue weighted by atomic mass is 10.0. The predicted molar refractivity (Wildman–Crippen MR) is 64.0 cm³/mol. The van der Waals surface area contributed by atoms with Gasteiger partial charge < -0.3 is 15.5 Å². The molecule has 4 nitrogen and oxygen atoms in total. The van der Waals surface area contributed by atoms with Crippen LogP contribution in [0.4, 0.5) is 0 Å². The van der Waals surface area contributed by atoms with Crippen molar-refractivity contribution in [2.24, 2.45) is 11.1 Å². The molecule has 1 aliphatic heterocycles. The molecule has 0 aromatic carbocycles. The van der Waals surface area contributed by atoms with E-state index in [1.54, 1.807) is 0 Å². The molecule has 2 fully saturated rings. The fourth-order valence-electron chi connectivity index (χ4n) is 2.65. The summed E-state index contributed by atoms with van der Waals surface area (Å²) in [6.07, 6.45) is 4.28. The minimum Gasteiger partial charge on any atom is -0.341 e. The second kappa shape index (κ2) is 4.34. The molecule has 1 amide bonds. The van der Waals surface area contributed by atoms with Gasteiger partial charge in [-0.15, -0.1) is 0 Å². The number of likely N-dealkylation sites (N-methyl/N-ethyl adjacent to an activating group) is 2. The Labute approximate surface area is 97.8 Å². The molecule has 2 rings (SSSR count). The fourth-order valence-corrected chi connectivity index (χ4v) is 2.65. The molecule has 1 unspecified atom stereocenters. The van der Waals surface area contributed by atoms with Crippen LogP contribution < -0.4 is 5.73 Å². The summed E-state index contributed by atoms with van der Waals surface area (Å²) >= 11 is 0. The summed E-state index contributed by atoms with van der Waals surface area (Å²) in [4.78, 5) is 16.6. The van der Waals surface area contributed by atoms with Crippen molar-refractivity contribution < 1.29 is 4.79 Å². The van der Waals surface area contributed by atoms with Crippen LogP contribution in [-0.4, -0.2) is 55.5 Å². The maximum Gasteiger partial charge on any atom is 0.230 e. The number of hydrogen-bond donors (Lipinski definition) is 1. The average Bonchev–Trinajstić information content (AvgIpc) is 3.08. The average molecular weight is 225 g/mol. The van der Waals surface area contributed by atoms with E-state index in [-0.39, 0.29) is 11.3 Å². The van der Waals surface area contributed by atoms with E-state index < -0.39 is 0 Å². The van der Waals surface area contributed by atoms with Crippen LogP contribution in [0.2, 0.25) is 0 Å². The molecule has 2 N–H and O–H groups in total. The summed E-state index contributed by atoms with van der Waals surface area (Å²) in [5.41, 5.74) is 5.52. The lowest BCUT2D eigenvalue weighted by Crippen LogP contribution is -2.50. The number of hydrogen-bond acceptors (Lipinski definition) is 3. The standard InChI is InChI=1S/C12H23N3O/c1-14-7-3-4-10(8-14)15(2)11(16)12(9-13)5-6-12/h10H,3-9,13H2,1-2H3. The van der Waals surface area contributed by atoms with Crippen LogP contribution in [0.1, 0.15) is 25.7 Å². The van der Waals surface area contributed by atoms with Gasteiger partial charge >= 0.3 is 0 Å². The van der Waals surface area contributed by atoms with Gasteiger partial charge in [-0.3, -0.25) is 4.79 Å². The third-order valence-electron chi connectivity index (χ3n) is 4.17. The monoisotopic (exact) mass is 225 g/mol. The first-order valence-corrected chi connectivity index (χ1v) is 6.25. The van der Waals surface area contributed by atoms with Gasteiger partial charge in [0, 0.05) is 26.2 Å². The molecule has 2 aliphatic rings. The Morgan fingerprint density at radius 1 is 1.56 bits per heavy atom. The number of nitrogens with zero attached hydrogens (tertiary/aromatic N) is 2. The van der Waals surface area contributed by atoms with Crippen molar-refractivity contribution >= 4 is 5.91 Å². The summed E-state index contributed by atoms with van der Waals surface area (Å²) in [6, 6.07) is 0.385. The lowest BCUT2D eigenvalue weighted by Gasteiger charge is -2.37. The maximum absolute atomic E-state index is 12.3. The second-order valence-electron chi connectivity index (χ2n) is 5.46. The largest absolute Gasteiger partial charge is 0.341 e. The van der Waals surface area contributed by atoms with Gasteiger partial charge in [0.1, 0.15) is 0 Å². The summed E-state index contributed by atoms with van der Waals surface area (Å²) in [7, 11) is 4.07. The van der Waals surface area contributed by atoms with Gasteiger partial charge in [0.2, 0.25) is 5.91 Å². The Bertz CT molecular complexity index is 275. The molecule has 0 aromatic heterocycles. The van der Waals surface area contributed by atoms with E-state index in [0.717, 1.165) is 32.4 Å². The van der Waals surface area contributed by atoms with Crippen molar-refractivity contribution in [3.05, 3.63) is 0 Å². The Kier molecular flexibility index (Phi) is 3.22. The van der Waals surface area contributed by atoms with Gasteiger partial charge in [-0.05, 0) is 39.3 Å².